The Morgan fingerprint density at radius 2 is 1.38 bits per heavy atom. The lowest BCUT2D eigenvalue weighted by Gasteiger charge is -2.09. The summed E-state index contributed by atoms with van der Waals surface area (Å²) < 4.78 is 22.5. The van der Waals surface area contributed by atoms with Gasteiger partial charge in [-0.2, -0.15) is 0 Å². The molecule has 0 saturated heterocycles. The maximum absolute atomic E-state index is 12.0. The lowest BCUT2D eigenvalue weighted by molar-refractivity contribution is 0.0888. The zero-order valence-corrected chi connectivity index (χ0v) is 18.3. The second-order valence-electron chi connectivity index (χ2n) is 6.61. The summed E-state index contributed by atoms with van der Waals surface area (Å²) in [6, 6.07) is 9.58. The van der Waals surface area contributed by atoms with Gasteiger partial charge in [-0.05, 0) is 36.4 Å². The van der Waals surface area contributed by atoms with Gasteiger partial charge in [-0.3, -0.25) is 0 Å². The number of aromatic nitrogens is 2. The SMILES string of the molecule is Oc1ccc(-c2csc(-c3nc(-c4ccc(OCCOCCF)c(O)c4)cs3)n2)cc1O. The van der Waals surface area contributed by atoms with Crippen LogP contribution in [0.2, 0.25) is 0 Å². The Labute approximate surface area is 191 Å². The molecule has 2 aromatic heterocycles. The molecule has 0 spiro atoms. The van der Waals surface area contributed by atoms with Crippen molar-refractivity contribution >= 4 is 22.7 Å². The minimum atomic E-state index is -0.543. The fraction of sp³-hybridized carbons (Fsp3) is 0.182. The Bertz CT molecular complexity index is 1210. The van der Waals surface area contributed by atoms with Gasteiger partial charge in [-0.25, -0.2) is 14.4 Å². The summed E-state index contributed by atoms with van der Waals surface area (Å²) >= 11 is 2.85. The second-order valence-corrected chi connectivity index (χ2v) is 8.33. The number of benzene rings is 2. The van der Waals surface area contributed by atoms with Gasteiger partial charge in [0.15, 0.2) is 33.0 Å². The number of ether oxygens (including phenoxy) is 2. The standard InChI is InChI=1S/C22H19FN2O5S2/c23-5-6-29-7-8-30-20-4-2-14(10-19(20)28)16-12-32-22(25-16)21-24-15(11-31-21)13-1-3-17(26)18(27)9-13/h1-4,9-12,26-28H,5-8H2. The van der Waals surface area contributed by atoms with E-state index in [1.807, 2.05) is 10.8 Å². The maximum Gasteiger partial charge on any atom is 0.161 e. The third-order valence-corrected chi connectivity index (χ3v) is 6.25. The van der Waals surface area contributed by atoms with Gasteiger partial charge < -0.3 is 24.8 Å². The van der Waals surface area contributed by atoms with Crippen LogP contribution in [0.1, 0.15) is 0 Å². The minimum absolute atomic E-state index is 0.0220. The molecule has 2 aromatic carbocycles. The molecule has 0 unspecified atom stereocenters. The van der Waals surface area contributed by atoms with Crippen molar-refractivity contribution in [1.82, 2.24) is 9.97 Å². The first kappa shape index (κ1) is 22.0. The van der Waals surface area contributed by atoms with Gasteiger partial charge in [-0.15, -0.1) is 22.7 Å². The quantitative estimate of drug-likeness (QED) is 0.229. The van der Waals surface area contributed by atoms with Gasteiger partial charge >= 0.3 is 0 Å². The van der Waals surface area contributed by atoms with Crippen LogP contribution in [0.4, 0.5) is 4.39 Å². The van der Waals surface area contributed by atoms with Gasteiger partial charge in [-0.1, -0.05) is 0 Å². The fourth-order valence-corrected chi connectivity index (χ4v) is 4.57. The van der Waals surface area contributed by atoms with Crippen LogP contribution in [0.25, 0.3) is 32.5 Å². The number of phenolic OH excluding ortho intramolecular Hbond substituents is 3. The Hall–Kier alpha value is -3.21. The predicted octanol–water partition coefficient (Wildman–Crippen LogP) is 5.08. The van der Waals surface area contributed by atoms with E-state index in [4.69, 9.17) is 9.47 Å². The zero-order valence-electron chi connectivity index (χ0n) is 16.7. The summed E-state index contributed by atoms with van der Waals surface area (Å²) in [7, 11) is 0. The zero-order chi connectivity index (χ0) is 22.5. The number of nitrogens with zero attached hydrogens (tertiary/aromatic N) is 2. The summed E-state index contributed by atoms with van der Waals surface area (Å²) in [6.07, 6.45) is 0. The molecule has 0 bridgehead atoms. The van der Waals surface area contributed by atoms with Crippen molar-refractivity contribution in [2.24, 2.45) is 0 Å². The van der Waals surface area contributed by atoms with Crippen molar-refractivity contribution in [3.8, 4) is 55.5 Å². The highest BCUT2D eigenvalue weighted by atomic mass is 32.1. The molecular weight excluding hydrogens is 455 g/mol. The molecule has 10 heteroatoms. The largest absolute Gasteiger partial charge is 0.504 e. The highest BCUT2D eigenvalue weighted by Crippen LogP contribution is 2.37. The number of alkyl halides is 1. The topological polar surface area (TPSA) is 105 Å². The number of thiazole rings is 2. The molecule has 0 atom stereocenters. The van der Waals surface area contributed by atoms with Gasteiger partial charge in [0.1, 0.15) is 13.3 Å². The van der Waals surface area contributed by atoms with E-state index in [1.54, 1.807) is 24.3 Å². The van der Waals surface area contributed by atoms with Gasteiger partial charge in [0.25, 0.3) is 0 Å². The van der Waals surface area contributed by atoms with E-state index in [0.29, 0.717) is 22.7 Å². The van der Waals surface area contributed by atoms with Gasteiger partial charge in [0.2, 0.25) is 0 Å². The Kier molecular flexibility index (Phi) is 6.84. The number of aromatic hydroxyl groups is 3. The molecule has 0 radical (unpaired) electrons. The molecule has 32 heavy (non-hydrogen) atoms. The summed E-state index contributed by atoms with van der Waals surface area (Å²) in [5.74, 6) is -0.0901. The molecular formula is C22H19FN2O5S2. The van der Waals surface area contributed by atoms with Crippen molar-refractivity contribution in [2.75, 3.05) is 26.5 Å². The molecule has 2 heterocycles. The average molecular weight is 475 g/mol. The average Bonchev–Trinajstić information content (AvgIpc) is 3.46. The summed E-state index contributed by atoms with van der Waals surface area (Å²) in [5, 5.41) is 34.6. The molecule has 4 aromatic rings. The smallest absolute Gasteiger partial charge is 0.161 e. The molecule has 7 nitrogen and oxygen atoms in total. The molecule has 0 amide bonds. The molecule has 0 fully saturated rings. The van der Waals surface area contributed by atoms with Crippen molar-refractivity contribution in [3.05, 3.63) is 47.2 Å². The van der Waals surface area contributed by atoms with Crippen molar-refractivity contribution in [1.29, 1.82) is 0 Å². The number of hydrogen-bond acceptors (Lipinski definition) is 9. The van der Waals surface area contributed by atoms with Crippen LogP contribution in [0.3, 0.4) is 0 Å². The van der Waals surface area contributed by atoms with E-state index in [2.05, 4.69) is 9.97 Å². The highest BCUT2D eigenvalue weighted by molar-refractivity contribution is 7.20. The minimum Gasteiger partial charge on any atom is -0.504 e. The van der Waals surface area contributed by atoms with Gasteiger partial charge in [0, 0.05) is 21.9 Å². The van der Waals surface area contributed by atoms with Crippen LogP contribution in [-0.4, -0.2) is 51.8 Å². The van der Waals surface area contributed by atoms with E-state index in [0.717, 1.165) is 15.6 Å². The molecule has 4 rings (SSSR count). The molecule has 3 N–H and O–H groups in total. The summed E-state index contributed by atoms with van der Waals surface area (Å²) in [6.45, 7) is -0.0736. The van der Waals surface area contributed by atoms with Crippen LogP contribution in [0.5, 0.6) is 23.0 Å². The first-order valence-corrected chi connectivity index (χ1v) is 11.3. The number of rotatable bonds is 9. The Morgan fingerprint density at radius 1 is 0.750 bits per heavy atom. The van der Waals surface area contributed by atoms with E-state index in [-0.39, 0.29) is 37.1 Å². The maximum atomic E-state index is 12.0. The first-order chi connectivity index (χ1) is 15.5. The predicted molar refractivity (Wildman–Crippen MR) is 121 cm³/mol. The van der Waals surface area contributed by atoms with Gasteiger partial charge in [0.05, 0.1) is 24.6 Å². The normalized spacial score (nSPS) is 11.0. The highest BCUT2D eigenvalue weighted by Gasteiger charge is 2.14. The molecule has 0 aliphatic heterocycles. The summed E-state index contributed by atoms with van der Waals surface area (Å²) in [4.78, 5) is 9.21. The Morgan fingerprint density at radius 3 is 1.97 bits per heavy atom. The molecule has 0 aliphatic carbocycles. The lowest BCUT2D eigenvalue weighted by atomic mass is 10.1. The number of halogens is 1. The van der Waals surface area contributed by atoms with E-state index in [9.17, 15) is 19.7 Å². The molecule has 166 valence electrons. The van der Waals surface area contributed by atoms with Crippen molar-refractivity contribution < 1.29 is 29.2 Å². The third-order valence-electron chi connectivity index (χ3n) is 4.42. The summed E-state index contributed by atoms with van der Waals surface area (Å²) in [5.41, 5.74) is 2.78. The van der Waals surface area contributed by atoms with Crippen molar-refractivity contribution in [3.63, 3.8) is 0 Å². The van der Waals surface area contributed by atoms with E-state index >= 15 is 0 Å². The monoisotopic (exact) mass is 474 g/mol. The van der Waals surface area contributed by atoms with Crippen molar-refractivity contribution in [2.45, 2.75) is 0 Å². The Balaban J connectivity index is 1.46. The fourth-order valence-electron chi connectivity index (χ4n) is 2.86. The van der Waals surface area contributed by atoms with E-state index in [1.165, 1.54) is 34.8 Å². The van der Waals surface area contributed by atoms with Crippen LogP contribution in [0.15, 0.2) is 47.2 Å². The number of hydrogen-bond donors (Lipinski definition) is 3. The van der Waals surface area contributed by atoms with E-state index < -0.39 is 6.67 Å². The third kappa shape index (κ3) is 4.98. The van der Waals surface area contributed by atoms with Crippen LogP contribution < -0.4 is 4.74 Å². The lowest BCUT2D eigenvalue weighted by Crippen LogP contribution is -2.08. The van der Waals surface area contributed by atoms with Crippen LogP contribution in [0, 0.1) is 0 Å². The second kappa shape index (κ2) is 9.94. The van der Waals surface area contributed by atoms with Crippen LogP contribution in [-0.2, 0) is 4.74 Å². The molecule has 0 saturated carbocycles. The first-order valence-electron chi connectivity index (χ1n) is 9.59. The van der Waals surface area contributed by atoms with Crippen LogP contribution >= 0.6 is 22.7 Å². The molecule has 0 aliphatic rings. The number of phenols is 3.